The third kappa shape index (κ3) is 3.69. The fourth-order valence-corrected chi connectivity index (χ4v) is 3.01. The zero-order chi connectivity index (χ0) is 21.3. The van der Waals surface area contributed by atoms with E-state index < -0.39 is 17.6 Å². The van der Waals surface area contributed by atoms with Gasteiger partial charge in [-0.25, -0.2) is 4.68 Å². The van der Waals surface area contributed by atoms with E-state index >= 15 is 0 Å². The number of nitrogens with zero attached hydrogens (tertiary/aromatic N) is 3. The number of hydrogen-bond donors (Lipinski definition) is 1. The number of benzene rings is 2. The van der Waals surface area contributed by atoms with Crippen LogP contribution >= 0.6 is 0 Å². The molecule has 0 radical (unpaired) electrons. The number of hydrogen-bond acceptors (Lipinski definition) is 4. The number of carbonyl (C=O) groups is 1. The second-order valence-corrected chi connectivity index (χ2v) is 6.37. The molecule has 0 aliphatic heterocycles. The summed E-state index contributed by atoms with van der Waals surface area (Å²) in [5, 5.41) is 7.73. The molecule has 0 spiro atoms. The monoisotopic (exact) mass is 412 g/mol. The number of alkyl halides is 3. The number of rotatable bonds is 4. The van der Waals surface area contributed by atoms with Crippen molar-refractivity contribution in [2.45, 2.75) is 6.18 Å². The van der Waals surface area contributed by atoms with E-state index in [1.807, 2.05) is 12.1 Å². The Balaban J connectivity index is 1.68. The van der Waals surface area contributed by atoms with Crippen molar-refractivity contribution in [1.29, 1.82) is 0 Å². The predicted molar refractivity (Wildman–Crippen MR) is 105 cm³/mol. The topological polar surface area (TPSA) is 69.0 Å². The summed E-state index contributed by atoms with van der Waals surface area (Å²) < 4.78 is 45.4. The molecule has 0 saturated carbocycles. The van der Waals surface area contributed by atoms with E-state index in [0.29, 0.717) is 11.2 Å². The molecule has 0 aliphatic rings. The van der Waals surface area contributed by atoms with Crippen molar-refractivity contribution in [2.24, 2.45) is 0 Å². The molecule has 9 heteroatoms. The Hall–Kier alpha value is -3.88. The third-order valence-electron chi connectivity index (χ3n) is 4.43. The second-order valence-electron chi connectivity index (χ2n) is 6.37. The van der Waals surface area contributed by atoms with Gasteiger partial charge in [0.1, 0.15) is 0 Å². The Labute approximate surface area is 168 Å². The van der Waals surface area contributed by atoms with Crippen LogP contribution in [0, 0.1) is 0 Å². The molecule has 2 aromatic carbocycles. The summed E-state index contributed by atoms with van der Waals surface area (Å²) in [6, 6.07) is 13.6. The molecule has 0 atom stereocenters. The summed E-state index contributed by atoms with van der Waals surface area (Å²) in [5.74, 6) is -0.450. The molecule has 2 aromatic heterocycles. The van der Waals surface area contributed by atoms with Gasteiger partial charge in [-0.2, -0.15) is 18.3 Å². The van der Waals surface area contributed by atoms with Crippen LogP contribution in [0.4, 0.5) is 18.9 Å². The molecule has 4 aromatic rings. The lowest BCUT2D eigenvalue weighted by molar-refractivity contribution is -0.137. The molecule has 0 unspecified atom stereocenters. The van der Waals surface area contributed by atoms with Crippen LogP contribution in [0.15, 0.2) is 67.0 Å². The molecule has 2 heterocycles. The summed E-state index contributed by atoms with van der Waals surface area (Å²) in [6.07, 6.45) is -1.53. The molecule has 4 rings (SSSR count). The Morgan fingerprint density at radius 2 is 1.87 bits per heavy atom. The summed E-state index contributed by atoms with van der Waals surface area (Å²) in [5.41, 5.74) is 0.345. The van der Waals surface area contributed by atoms with Crippen molar-refractivity contribution in [1.82, 2.24) is 14.8 Å². The fourth-order valence-electron chi connectivity index (χ4n) is 3.01. The first-order valence-electron chi connectivity index (χ1n) is 8.83. The summed E-state index contributed by atoms with van der Waals surface area (Å²) in [7, 11) is 1.35. The lowest BCUT2D eigenvalue weighted by atomic mass is 10.2. The molecule has 0 saturated heterocycles. The van der Waals surface area contributed by atoms with Gasteiger partial charge in [-0.3, -0.25) is 9.78 Å². The van der Waals surface area contributed by atoms with Crippen LogP contribution in [-0.4, -0.2) is 27.8 Å². The van der Waals surface area contributed by atoms with Gasteiger partial charge in [-0.1, -0.05) is 24.3 Å². The molecule has 30 heavy (non-hydrogen) atoms. The van der Waals surface area contributed by atoms with E-state index in [1.165, 1.54) is 30.1 Å². The molecule has 0 aliphatic carbocycles. The molecule has 152 valence electrons. The number of methoxy groups -OCH3 is 1. The predicted octanol–water partition coefficient (Wildman–Crippen LogP) is 4.70. The van der Waals surface area contributed by atoms with Gasteiger partial charge in [0.15, 0.2) is 11.4 Å². The summed E-state index contributed by atoms with van der Waals surface area (Å²) in [4.78, 5) is 17.1. The van der Waals surface area contributed by atoms with Gasteiger partial charge >= 0.3 is 6.18 Å². The van der Waals surface area contributed by atoms with Gasteiger partial charge in [-0.05, 0) is 30.3 Å². The maximum Gasteiger partial charge on any atom is 0.416 e. The molecular weight excluding hydrogens is 397 g/mol. The first kappa shape index (κ1) is 19.4. The highest BCUT2D eigenvalue weighted by atomic mass is 19.4. The first-order chi connectivity index (χ1) is 14.4. The quantitative estimate of drug-likeness (QED) is 0.528. The number of para-hydroxylation sites is 1. The van der Waals surface area contributed by atoms with Gasteiger partial charge in [0.25, 0.3) is 5.91 Å². The lowest BCUT2D eigenvalue weighted by Crippen LogP contribution is -2.14. The number of fused-ring (bicyclic) bond motifs is 1. The SMILES string of the molecule is COc1cn(-c2cccc(C(F)(F)F)c2)nc1C(=O)Nc1cccc2cccnc12. The molecule has 0 bridgehead atoms. The van der Waals surface area contributed by atoms with E-state index in [9.17, 15) is 18.0 Å². The van der Waals surface area contributed by atoms with E-state index in [0.717, 1.165) is 17.5 Å². The molecular formula is C21H15F3N4O2. The Kier molecular flexibility index (Phi) is 4.86. The van der Waals surface area contributed by atoms with Crippen molar-refractivity contribution in [3.63, 3.8) is 0 Å². The van der Waals surface area contributed by atoms with Crippen LogP contribution in [0.25, 0.3) is 16.6 Å². The highest BCUT2D eigenvalue weighted by molar-refractivity contribution is 6.08. The van der Waals surface area contributed by atoms with Crippen LogP contribution in [0.5, 0.6) is 5.75 Å². The minimum atomic E-state index is -4.49. The number of halogens is 3. The van der Waals surface area contributed by atoms with Crippen molar-refractivity contribution in [3.8, 4) is 11.4 Å². The van der Waals surface area contributed by atoms with Crippen LogP contribution in [0.2, 0.25) is 0 Å². The van der Waals surface area contributed by atoms with Crippen molar-refractivity contribution < 1.29 is 22.7 Å². The molecule has 0 fully saturated rings. The number of carbonyl (C=O) groups excluding carboxylic acids is 1. The van der Waals surface area contributed by atoms with E-state index in [-0.39, 0.29) is 17.1 Å². The van der Waals surface area contributed by atoms with Gasteiger partial charge in [0.05, 0.1) is 35.8 Å². The molecule has 1 N–H and O–H groups in total. The normalized spacial score (nSPS) is 11.5. The first-order valence-corrected chi connectivity index (χ1v) is 8.83. The van der Waals surface area contributed by atoms with Crippen molar-refractivity contribution in [3.05, 3.63) is 78.2 Å². The Morgan fingerprint density at radius 3 is 2.63 bits per heavy atom. The minimum absolute atomic E-state index is 0.0668. The maximum atomic E-state index is 13.0. The van der Waals surface area contributed by atoms with Crippen molar-refractivity contribution >= 4 is 22.5 Å². The van der Waals surface area contributed by atoms with Crippen LogP contribution in [0.3, 0.4) is 0 Å². The fraction of sp³-hybridized carbons (Fsp3) is 0.0952. The molecule has 1 amide bonds. The number of anilines is 1. The van der Waals surface area contributed by atoms with Crippen LogP contribution in [0.1, 0.15) is 16.1 Å². The highest BCUT2D eigenvalue weighted by Gasteiger charge is 2.30. The number of aromatic nitrogens is 3. The lowest BCUT2D eigenvalue weighted by Gasteiger charge is -2.08. The Morgan fingerprint density at radius 1 is 1.10 bits per heavy atom. The number of nitrogens with one attached hydrogen (secondary N) is 1. The zero-order valence-electron chi connectivity index (χ0n) is 15.6. The number of amides is 1. The smallest absolute Gasteiger partial charge is 0.416 e. The van der Waals surface area contributed by atoms with Gasteiger partial charge in [-0.15, -0.1) is 0 Å². The van der Waals surface area contributed by atoms with E-state index in [1.54, 1.807) is 24.4 Å². The average Bonchev–Trinajstić information content (AvgIpc) is 3.18. The summed E-state index contributed by atoms with van der Waals surface area (Å²) >= 11 is 0. The third-order valence-corrected chi connectivity index (χ3v) is 4.43. The zero-order valence-corrected chi connectivity index (χ0v) is 15.6. The molecule has 6 nitrogen and oxygen atoms in total. The largest absolute Gasteiger partial charge is 0.493 e. The van der Waals surface area contributed by atoms with Gasteiger partial charge in [0, 0.05) is 11.6 Å². The maximum absolute atomic E-state index is 13.0. The highest BCUT2D eigenvalue weighted by Crippen LogP contribution is 2.31. The average molecular weight is 412 g/mol. The van der Waals surface area contributed by atoms with E-state index in [2.05, 4.69) is 15.4 Å². The van der Waals surface area contributed by atoms with Gasteiger partial charge in [0.2, 0.25) is 0 Å². The summed E-state index contributed by atoms with van der Waals surface area (Å²) in [6.45, 7) is 0. The Bertz CT molecular complexity index is 1230. The van der Waals surface area contributed by atoms with Gasteiger partial charge < -0.3 is 10.1 Å². The number of pyridine rings is 1. The minimum Gasteiger partial charge on any atom is -0.493 e. The van der Waals surface area contributed by atoms with Crippen molar-refractivity contribution in [2.75, 3.05) is 12.4 Å². The number of ether oxygens (including phenoxy) is 1. The standard InChI is InChI=1S/C21H15F3N4O2/c1-30-17-12-28(15-8-3-7-14(11-15)21(22,23)24)27-19(17)20(29)26-16-9-2-5-13-6-4-10-25-18(13)16/h2-12H,1H3,(H,26,29). The van der Waals surface area contributed by atoms with E-state index in [4.69, 9.17) is 4.74 Å². The van der Waals surface area contributed by atoms with Crippen LogP contribution in [-0.2, 0) is 6.18 Å². The second kappa shape index (κ2) is 7.51. The van der Waals surface area contributed by atoms with Crippen LogP contribution < -0.4 is 10.1 Å².